The Morgan fingerprint density at radius 1 is 1.14 bits per heavy atom. The van der Waals surface area contributed by atoms with Gasteiger partial charge in [-0.25, -0.2) is 9.97 Å². The number of halogens is 3. The van der Waals surface area contributed by atoms with Gasteiger partial charge in [0.15, 0.2) is 18.0 Å². The summed E-state index contributed by atoms with van der Waals surface area (Å²) >= 11 is 1.51. The molecule has 0 radical (unpaired) electrons. The number of pyridine rings is 1. The van der Waals surface area contributed by atoms with Crippen LogP contribution in [0.2, 0.25) is 0 Å². The van der Waals surface area contributed by atoms with Crippen molar-refractivity contribution in [3.8, 4) is 16.2 Å². The molecular weight excluding hydrogens is 489 g/mol. The second kappa shape index (κ2) is 9.93. The predicted molar refractivity (Wildman–Crippen MR) is 131 cm³/mol. The standard InChI is InChI=1S/C26H25F3N4O2S/c1-17-30-22(23(36-17)18-8-3-2-4-9-18)25(34)33-13-6-5-10-20(33)14-19-15-32-12-7-11-21(24(32)31-19)35-16-26(27,28)29/h2-4,7-9,11-12,15,20H,5-6,10,13-14,16H2,1H3/t20-/m0/s1. The van der Waals surface area contributed by atoms with Gasteiger partial charge in [-0.1, -0.05) is 30.3 Å². The zero-order valence-electron chi connectivity index (χ0n) is 19.7. The minimum Gasteiger partial charge on any atom is -0.480 e. The lowest BCUT2D eigenvalue weighted by Crippen LogP contribution is -2.45. The molecule has 0 unspecified atom stereocenters. The van der Waals surface area contributed by atoms with Crippen molar-refractivity contribution in [1.29, 1.82) is 0 Å². The molecule has 6 nitrogen and oxygen atoms in total. The van der Waals surface area contributed by atoms with E-state index in [1.165, 1.54) is 17.4 Å². The van der Waals surface area contributed by atoms with Gasteiger partial charge in [0.25, 0.3) is 5.91 Å². The Hall–Kier alpha value is -3.40. The number of fused-ring (bicyclic) bond motifs is 1. The summed E-state index contributed by atoms with van der Waals surface area (Å²) in [4.78, 5) is 25.6. The van der Waals surface area contributed by atoms with Gasteiger partial charge in [-0.05, 0) is 43.9 Å². The third-order valence-corrected chi connectivity index (χ3v) is 7.21. The Labute approximate surface area is 210 Å². The minimum atomic E-state index is -4.43. The normalized spacial score (nSPS) is 16.4. The molecule has 0 aliphatic carbocycles. The number of amides is 1. The number of carbonyl (C=O) groups excluding carboxylic acids is 1. The zero-order chi connectivity index (χ0) is 25.3. The molecule has 0 bridgehead atoms. The Bertz CT molecular complexity index is 1370. The number of imidazole rings is 1. The number of carbonyl (C=O) groups is 1. The van der Waals surface area contributed by atoms with Gasteiger partial charge >= 0.3 is 6.18 Å². The maximum Gasteiger partial charge on any atom is 0.422 e. The fraction of sp³-hybridized carbons (Fsp3) is 0.346. The Morgan fingerprint density at radius 3 is 2.72 bits per heavy atom. The van der Waals surface area contributed by atoms with Crippen LogP contribution >= 0.6 is 11.3 Å². The van der Waals surface area contributed by atoms with E-state index in [1.807, 2.05) is 42.2 Å². The first-order valence-corrected chi connectivity index (χ1v) is 12.6. The van der Waals surface area contributed by atoms with Crippen LogP contribution in [0.4, 0.5) is 13.2 Å². The molecule has 1 saturated heterocycles. The first-order valence-electron chi connectivity index (χ1n) is 11.8. The zero-order valence-corrected chi connectivity index (χ0v) is 20.5. The van der Waals surface area contributed by atoms with Crippen molar-refractivity contribution in [2.75, 3.05) is 13.2 Å². The molecule has 1 aliphatic rings. The fourth-order valence-electron chi connectivity index (χ4n) is 4.62. The molecule has 1 fully saturated rings. The van der Waals surface area contributed by atoms with Gasteiger partial charge in [-0.2, -0.15) is 13.2 Å². The van der Waals surface area contributed by atoms with E-state index in [0.29, 0.717) is 30.0 Å². The van der Waals surface area contributed by atoms with E-state index in [2.05, 4.69) is 9.97 Å². The molecule has 1 atom stereocenters. The monoisotopic (exact) mass is 514 g/mol. The van der Waals surface area contributed by atoms with E-state index >= 15 is 0 Å². The number of hydrogen-bond acceptors (Lipinski definition) is 5. The number of ether oxygens (including phenoxy) is 1. The van der Waals surface area contributed by atoms with Gasteiger partial charge in [-0.3, -0.25) is 4.79 Å². The molecule has 188 valence electrons. The predicted octanol–water partition coefficient (Wildman–Crippen LogP) is 5.94. The van der Waals surface area contributed by atoms with Gasteiger partial charge in [0.1, 0.15) is 5.69 Å². The second-order valence-electron chi connectivity index (χ2n) is 8.87. The summed E-state index contributed by atoms with van der Waals surface area (Å²) in [5.74, 6) is -0.0241. The number of piperidine rings is 1. The number of aryl methyl sites for hydroxylation is 1. The largest absolute Gasteiger partial charge is 0.480 e. The van der Waals surface area contributed by atoms with E-state index in [1.54, 1.807) is 22.9 Å². The van der Waals surface area contributed by atoms with Crippen molar-refractivity contribution >= 4 is 22.9 Å². The molecule has 4 heterocycles. The number of alkyl halides is 3. The molecule has 3 aromatic heterocycles. The molecule has 10 heteroatoms. The van der Waals surface area contributed by atoms with Crippen LogP contribution in [-0.4, -0.2) is 50.5 Å². The maximum absolute atomic E-state index is 13.7. The van der Waals surface area contributed by atoms with Crippen LogP contribution in [0.1, 0.15) is 40.5 Å². The molecule has 1 aromatic carbocycles. The number of rotatable bonds is 6. The van der Waals surface area contributed by atoms with Gasteiger partial charge < -0.3 is 14.0 Å². The average molecular weight is 515 g/mol. The summed E-state index contributed by atoms with van der Waals surface area (Å²) in [5, 5.41) is 0.831. The van der Waals surface area contributed by atoms with Crippen LogP contribution < -0.4 is 4.74 Å². The third kappa shape index (κ3) is 5.23. The summed E-state index contributed by atoms with van der Waals surface area (Å²) in [5.41, 5.74) is 2.45. The molecule has 1 amide bonds. The number of likely N-dealkylation sites (tertiary alicyclic amines) is 1. The lowest BCUT2D eigenvalue weighted by Gasteiger charge is -2.35. The smallest absolute Gasteiger partial charge is 0.422 e. The first kappa shape index (κ1) is 24.3. The first-order chi connectivity index (χ1) is 17.3. The summed E-state index contributed by atoms with van der Waals surface area (Å²) in [6, 6.07) is 12.8. The van der Waals surface area contributed by atoms with Crippen molar-refractivity contribution in [1.82, 2.24) is 19.3 Å². The van der Waals surface area contributed by atoms with E-state index < -0.39 is 12.8 Å². The SMILES string of the molecule is Cc1nc(C(=O)N2CCCC[C@H]2Cc2cn3cccc(OCC(F)(F)F)c3n2)c(-c2ccccc2)s1. The Kier molecular flexibility index (Phi) is 6.70. The van der Waals surface area contributed by atoms with Crippen LogP contribution in [0, 0.1) is 6.92 Å². The molecule has 5 rings (SSSR count). The van der Waals surface area contributed by atoms with E-state index in [-0.39, 0.29) is 17.7 Å². The molecule has 0 N–H and O–H groups in total. The molecule has 36 heavy (non-hydrogen) atoms. The quantitative estimate of drug-likeness (QED) is 0.319. The van der Waals surface area contributed by atoms with Crippen LogP contribution in [0.3, 0.4) is 0 Å². The van der Waals surface area contributed by atoms with Crippen molar-refractivity contribution in [3.63, 3.8) is 0 Å². The Morgan fingerprint density at radius 2 is 1.94 bits per heavy atom. The van der Waals surface area contributed by atoms with Crippen LogP contribution in [-0.2, 0) is 6.42 Å². The van der Waals surface area contributed by atoms with E-state index in [0.717, 1.165) is 34.7 Å². The third-order valence-electron chi connectivity index (χ3n) is 6.19. The second-order valence-corrected chi connectivity index (χ2v) is 10.1. The van der Waals surface area contributed by atoms with Crippen molar-refractivity contribution in [2.24, 2.45) is 0 Å². The van der Waals surface area contributed by atoms with Gasteiger partial charge in [0.05, 0.1) is 15.6 Å². The molecule has 0 spiro atoms. The number of benzene rings is 1. The number of hydrogen-bond donors (Lipinski definition) is 0. The Balaban J connectivity index is 1.39. The average Bonchev–Trinajstić information content (AvgIpc) is 3.46. The highest BCUT2D eigenvalue weighted by Gasteiger charge is 2.32. The van der Waals surface area contributed by atoms with Crippen molar-refractivity contribution in [2.45, 2.75) is 44.8 Å². The van der Waals surface area contributed by atoms with E-state index in [4.69, 9.17) is 4.74 Å². The maximum atomic E-state index is 13.7. The lowest BCUT2D eigenvalue weighted by atomic mass is 9.97. The number of thiazole rings is 1. The highest BCUT2D eigenvalue weighted by Crippen LogP contribution is 2.33. The topological polar surface area (TPSA) is 59.7 Å². The molecular formula is C26H25F3N4O2S. The van der Waals surface area contributed by atoms with Crippen LogP contribution in [0.25, 0.3) is 16.1 Å². The molecule has 1 aliphatic heterocycles. The summed E-state index contributed by atoms with van der Waals surface area (Å²) in [7, 11) is 0. The van der Waals surface area contributed by atoms with Gasteiger partial charge in [0, 0.05) is 31.4 Å². The highest BCUT2D eigenvalue weighted by atomic mass is 32.1. The summed E-state index contributed by atoms with van der Waals surface area (Å²) in [6.07, 6.45) is 2.29. The van der Waals surface area contributed by atoms with Crippen molar-refractivity contribution in [3.05, 3.63) is 71.3 Å². The summed E-state index contributed by atoms with van der Waals surface area (Å²) in [6.45, 7) is 1.15. The van der Waals surface area contributed by atoms with Crippen LogP contribution in [0.5, 0.6) is 5.75 Å². The number of nitrogens with zero attached hydrogens (tertiary/aromatic N) is 4. The highest BCUT2D eigenvalue weighted by molar-refractivity contribution is 7.15. The van der Waals surface area contributed by atoms with Crippen LogP contribution in [0.15, 0.2) is 54.9 Å². The summed E-state index contributed by atoms with van der Waals surface area (Å²) < 4.78 is 44.6. The van der Waals surface area contributed by atoms with Gasteiger partial charge in [-0.15, -0.1) is 11.3 Å². The van der Waals surface area contributed by atoms with Crippen molar-refractivity contribution < 1.29 is 22.7 Å². The number of aromatic nitrogens is 3. The minimum absolute atomic E-state index is 0.0723. The fourth-order valence-corrected chi connectivity index (χ4v) is 5.54. The lowest BCUT2D eigenvalue weighted by molar-refractivity contribution is -0.153. The van der Waals surface area contributed by atoms with E-state index in [9.17, 15) is 18.0 Å². The molecule has 0 saturated carbocycles. The molecule has 4 aromatic rings. The van der Waals surface area contributed by atoms with Gasteiger partial charge in [0.2, 0.25) is 0 Å².